The lowest BCUT2D eigenvalue weighted by atomic mass is 9.99. The second-order valence-electron chi connectivity index (χ2n) is 4.69. The van der Waals surface area contributed by atoms with Crippen LogP contribution >= 0.6 is 0 Å². The minimum atomic E-state index is -3.33. The number of hydrogen-bond donors (Lipinski definition) is 1. The Labute approximate surface area is 108 Å². The van der Waals surface area contributed by atoms with E-state index in [1.54, 1.807) is 0 Å². The second-order valence-corrected chi connectivity index (χ2v) is 6.78. The maximum absolute atomic E-state index is 12.0. The number of carbonyl (C=O) groups is 1. The van der Waals surface area contributed by atoms with Crippen molar-refractivity contribution in [2.75, 3.05) is 26.0 Å². The van der Waals surface area contributed by atoms with E-state index in [4.69, 9.17) is 0 Å². The van der Waals surface area contributed by atoms with Crippen LogP contribution in [0, 0.1) is 5.92 Å². The standard InChI is InChI=1S/C11H21NO5S/c1-9-8-12(6-5-10(9)13)18(15,16)7-3-4-11(14)17-2/h9-10,13H,3-8H2,1-2H3. The molecule has 1 aliphatic rings. The van der Waals surface area contributed by atoms with E-state index in [1.165, 1.54) is 11.4 Å². The van der Waals surface area contributed by atoms with Crippen molar-refractivity contribution < 1.29 is 23.1 Å². The first-order valence-corrected chi connectivity index (χ1v) is 7.70. The van der Waals surface area contributed by atoms with Gasteiger partial charge in [0, 0.05) is 19.5 Å². The minimum Gasteiger partial charge on any atom is -0.469 e. The van der Waals surface area contributed by atoms with Crippen LogP contribution in [0.15, 0.2) is 0 Å². The van der Waals surface area contributed by atoms with Gasteiger partial charge in [0.2, 0.25) is 10.0 Å². The van der Waals surface area contributed by atoms with Crippen molar-refractivity contribution in [2.24, 2.45) is 5.92 Å². The van der Waals surface area contributed by atoms with Crippen molar-refractivity contribution in [3.8, 4) is 0 Å². The number of esters is 1. The highest BCUT2D eigenvalue weighted by Crippen LogP contribution is 2.20. The van der Waals surface area contributed by atoms with Gasteiger partial charge in [-0.2, -0.15) is 0 Å². The lowest BCUT2D eigenvalue weighted by molar-refractivity contribution is -0.140. The van der Waals surface area contributed by atoms with Gasteiger partial charge in [0.1, 0.15) is 0 Å². The summed E-state index contributed by atoms with van der Waals surface area (Å²) < 4.78 is 29.9. The lowest BCUT2D eigenvalue weighted by Gasteiger charge is -2.33. The third kappa shape index (κ3) is 4.22. The van der Waals surface area contributed by atoms with Crippen LogP contribution in [0.4, 0.5) is 0 Å². The maximum Gasteiger partial charge on any atom is 0.305 e. The number of carbonyl (C=O) groups excluding carboxylic acids is 1. The van der Waals surface area contributed by atoms with Crippen molar-refractivity contribution in [3.63, 3.8) is 0 Å². The summed E-state index contributed by atoms with van der Waals surface area (Å²) in [6.45, 7) is 2.54. The molecule has 7 heteroatoms. The maximum atomic E-state index is 12.0. The molecular formula is C11H21NO5S. The third-order valence-electron chi connectivity index (χ3n) is 3.23. The lowest BCUT2D eigenvalue weighted by Crippen LogP contribution is -2.45. The monoisotopic (exact) mass is 279 g/mol. The third-order valence-corrected chi connectivity index (χ3v) is 5.15. The highest BCUT2D eigenvalue weighted by molar-refractivity contribution is 7.89. The van der Waals surface area contributed by atoms with E-state index in [9.17, 15) is 18.3 Å². The number of hydrogen-bond acceptors (Lipinski definition) is 5. The summed E-state index contributed by atoms with van der Waals surface area (Å²) >= 11 is 0. The molecule has 1 N–H and O–H groups in total. The molecule has 1 aliphatic heterocycles. The molecule has 0 spiro atoms. The van der Waals surface area contributed by atoms with Gasteiger partial charge in [-0.05, 0) is 18.8 Å². The Hall–Kier alpha value is -0.660. The average Bonchev–Trinajstić information content (AvgIpc) is 2.32. The molecule has 106 valence electrons. The highest BCUT2D eigenvalue weighted by Gasteiger charge is 2.31. The molecule has 0 saturated carbocycles. The van der Waals surface area contributed by atoms with Crippen molar-refractivity contribution in [1.82, 2.24) is 4.31 Å². The summed E-state index contributed by atoms with van der Waals surface area (Å²) in [4.78, 5) is 10.9. The van der Waals surface area contributed by atoms with Crippen LogP contribution in [0.5, 0.6) is 0 Å². The number of sulfonamides is 1. The molecule has 0 aromatic heterocycles. The average molecular weight is 279 g/mol. The van der Waals surface area contributed by atoms with E-state index >= 15 is 0 Å². The van der Waals surface area contributed by atoms with Gasteiger partial charge in [0.25, 0.3) is 0 Å². The number of ether oxygens (including phenoxy) is 1. The molecule has 0 aliphatic carbocycles. The summed E-state index contributed by atoms with van der Waals surface area (Å²) in [5.41, 5.74) is 0. The zero-order chi connectivity index (χ0) is 13.8. The molecule has 1 saturated heterocycles. The van der Waals surface area contributed by atoms with Gasteiger partial charge < -0.3 is 9.84 Å². The summed E-state index contributed by atoms with van der Waals surface area (Å²) in [7, 11) is -2.05. The predicted octanol–water partition coefficient (Wildman–Crippen LogP) is -0.0279. The van der Waals surface area contributed by atoms with Gasteiger partial charge >= 0.3 is 5.97 Å². The molecule has 2 atom stereocenters. The topological polar surface area (TPSA) is 83.9 Å². The van der Waals surface area contributed by atoms with E-state index in [0.29, 0.717) is 19.5 Å². The SMILES string of the molecule is COC(=O)CCCS(=O)(=O)N1CCC(O)C(C)C1. The van der Waals surface area contributed by atoms with Crippen LogP contribution in [0.25, 0.3) is 0 Å². The first-order valence-electron chi connectivity index (χ1n) is 6.09. The molecule has 0 aromatic carbocycles. The number of aliphatic hydroxyl groups excluding tert-OH is 1. The molecular weight excluding hydrogens is 258 g/mol. The summed E-state index contributed by atoms with van der Waals surface area (Å²) in [6.07, 6.45) is 0.424. The molecule has 1 rings (SSSR count). The normalized spacial score (nSPS) is 25.9. The summed E-state index contributed by atoms with van der Waals surface area (Å²) in [5.74, 6) is -0.493. The van der Waals surface area contributed by atoms with Crippen LogP contribution in [0.2, 0.25) is 0 Å². The van der Waals surface area contributed by atoms with Crippen molar-refractivity contribution >= 4 is 16.0 Å². The van der Waals surface area contributed by atoms with Crippen molar-refractivity contribution in [2.45, 2.75) is 32.3 Å². The molecule has 0 radical (unpaired) electrons. The van der Waals surface area contributed by atoms with Crippen LogP contribution in [-0.4, -0.2) is 55.9 Å². The van der Waals surface area contributed by atoms with Crippen molar-refractivity contribution in [3.05, 3.63) is 0 Å². The van der Waals surface area contributed by atoms with Gasteiger partial charge in [-0.25, -0.2) is 12.7 Å². The zero-order valence-corrected chi connectivity index (χ0v) is 11.6. The van der Waals surface area contributed by atoms with E-state index in [-0.39, 0.29) is 24.5 Å². The van der Waals surface area contributed by atoms with E-state index in [2.05, 4.69) is 4.74 Å². The van der Waals surface area contributed by atoms with Crippen LogP contribution < -0.4 is 0 Å². The number of rotatable bonds is 5. The molecule has 0 aromatic rings. The Bertz CT molecular complexity index is 381. The first kappa shape index (κ1) is 15.4. The van der Waals surface area contributed by atoms with Crippen LogP contribution in [0.3, 0.4) is 0 Å². The van der Waals surface area contributed by atoms with E-state index in [1.807, 2.05) is 6.92 Å². The van der Waals surface area contributed by atoms with Gasteiger partial charge in [-0.1, -0.05) is 6.92 Å². The Morgan fingerprint density at radius 2 is 2.17 bits per heavy atom. The van der Waals surface area contributed by atoms with Gasteiger partial charge in [0.05, 0.1) is 19.0 Å². The van der Waals surface area contributed by atoms with Crippen LogP contribution in [0.1, 0.15) is 26.2 Å². The number of aliphatic hydroxyl groups is 1. The Morgan fingerprint density at radius 1 is 1.50 bits per heavy atom. The molecule has 6 nitrogen and oxygen atoms in total. The second kappa shape index (κ2) is 6.49. The van der Waals surface area contributed by atoms with Gasteiger partial charge in [-0.3, -0.25) is 4.79 Å². The Kier molecular flexibility index (Phi) is 5.55. The molecule has 2 unspecified atom stereocenters. The Morgan fingerprint density at radius 3 is 2.72 bits per heavy atom. The first-order chi connectivity index (χ1) is 8.36. The summed E-state index contributed by atoms with van der Waals surface area (Å²) in [5, 5.41) is 9.56. The summed E-state index contributed by atoms with van der Waals surface area (Å²) in [6, 6.07) is 0. The zero-order valence-electron chi connectivity index (χ0n) is 10.8. The molecule has 0 amide bonds. The number of nitrogens with zero attached hydrogens (tertiary/aromatic N) is 1. The number of piperidine rings is 1. The fourth-order valence-electron chi connectivity index (χ4n) is 1.98. The fraction of sp³-hybridized carbons (Fsp3) is 0.909. The van der Waals surface area contributed by atoms with Gasteiger partial charge in [-0.15, -0.1) is 0 Å². The highest BCUT2D eigenvalue weighted by atomic mass is 32.2. The minimum absolute atomic E-state index is 0.0471. The van der Waals surface area contributed by atoms with Gasteiger partial charge in [0.15, 0.2) is 0 Å². The molecule has 0 bridgehead atoms. The van der Waals surface area contributed by atoms with E-state index < -0.39 is 22.1 Å². The smallest absolute Gasteiger partial charge is 0.305 e. The van der Waals surface area contributed by atoms with Crippen LogP contribution in [-0.2, 0) is 19.6 Å². The molecule has 1 fully saturated rings. The predicted molar refractivity (Wildman–Crippen MR) is 66.4 cm³/mol. The molecule has 1 heterocycles. The van der Waals surface area contributed by atoms with Crippen molar-refractivity contribution in [1.29, 1.82) is 0 Å². The largest absolute Gasteiger partial charge is 0.469 e. The fourth-order valence-corrected chi connectivity index (χ4v) is 3.59. The molecule has 18 heavy (non-hydrogen) atoms. The number of methoxy groups -OCH3 is 1. The quantitative estimate of drug-likeness (QED) is 0.715. The Balaban J connectivity index is 2.46. The van der Waals surface area contributed by atoms with E-state index in [0.717, 1.165) is 0 Å².